The molecule has 0 aliphatic rings. The lowest BCUT2D eigenvalue weighted by molar-refractivity contribution is -0.120. The minimum atomic E-state index is -3.67. The van der Waals surface area contributed by atoms with Crippen molar-refractivity contribution in [3.05, 3.63) is 89.0 Å². The van der Waals surface area contributed by atoms with Crippen LogP contribution in [0.4, 0.5) is 5.69 Å². The van der Waals surface area contributed by atoms with Gasteiger partial charge in [0.2, 0.25) is 10.0 Å². The average molecular weight is 453 g/mol. The Labute approximate surface area is 189 Å². The number of nitrogens with one attached hydrogen (secondary N) is 1. The van der Waals surface area contributed by atoms with Crippen molar-refractivity contribution in [1.29, 1.82) is 0 Å². The first-order valence-corrected chi connectivity index (χ1v) is 11.8. The van der Waals surface area contributed by atoms with E-state index >= 15 is 0 Å². The maximum Gasteiger partial charge on any atom is 0.264 e. The van der Waals surface area contributed by atoms with Gasteiger partial charge in [-0.1, -0.05) is 36.4 Å². The molecular formula is C25H28N2O4S. The Morgan fingerprint density at radius 3 is 2.28 bits per heavy atom. The molecule has 1 amide bonds. The molecule has 1 N–H and O–H groups in total. The quantitative estimate of drug-likeness (QED) is 0.558. The third kappa shape index (κ3) is 5.75. The molecule has 3 aromatic rings. The van der Waals surface area contributed by atoms with Crippen molar-refractivity contribution in [3.8, 4) is 5.75 Å². The molecule has 0 aromatic heterocycles. The van der Waals surface area contributed by atoms with Crippen LogP contribution in [0, 0.1) is 20.8 Å². The van der Waals surface area contributed by atoms with Gasteiger partial charge in [0.05, 0.1) is 4.90 Å². The molecule has 32 heavy (non-hydrogen) atoms. The van der Waals surface area contributed by atoms with E-state index in [1.54, 1.807) is 31.0 Å². The molecule has 0 aliphatic carbocycles. The zero-order valence-electron chi connectivity index (χ0n) is 18.8. The summed E-state index contributed by atoms with van der Waals surface area (Å²) in [5.74, 6) is 0.266. The summed E-state index contributed by atoms with van der Waals surface area (Å²) in [6.45, 7) is 5.83. The van der Waals surface area contributed by atoms with Crippen LogP contribution in [-0.2, 0) is 21.4 Å². The summed E-state index contributed by atoms with van der Waals surface area (Å²) >= 11 is 0. The topological polar surface area (TPSA) is 75.7 Å². The van der Waals surface area contributed by atoms with E-state index in [0.717, 1.165) is 22.4 Å². The fourth-order valence-electron chi connectivity index (χ4n) is 3.12. The summed E-state index contributed by atoms with van der Waals surface area (Å²) in [7, 11) is -1.96. The van der Waals surface area contributed by atoms with Crippen LogP contribution in [0.15, 0.2) is 71.6 Å². The monoisotopic (exact) mass is 452 g/mol. The molecule has 6 nitrogen and oxygen atoms in total. The van der Waals surface area contributed by atoms with Crippen LogP contribution in [0.1, 0.15) is 22.3 Å². The molecule has 0 bridgehead atoms. The van der Waals surface area contributed by atoms with E-state index in [0.29, 0.717) is 11.3 Å². The number of hydrogen-bond donors (Lipinski definition) is 1. The van der Waals surface area contributed by atoms with Crippen LogP contribution in [0.3, 0.4) is 0 Å². The van der Waals surface area contributed by atoms with Crippen molar-refractivity contribution in [2.24, 2.45) is 0 Å². The van der Waals surface area contributed by atoms with Crippen LogP contribution in [0.25, 0.3) is 0 Å². The number of sulfonamides is 1. The third-order valence-electron chi connectivity index (χ3n) is 5.37. The first-order valence-electron chi connectivity index (χ1n) is 10.3. The van der Waals surface area contributed by atoms with Crippen molar-refractivity contribution >= 4 is 21.6 Å². The molecule has 0 fully saturated rings. The first-order chi connectivity index (χ1) is 15.2. The van der Waals surface area contributed by atoms with Crippen LogP contribution >= 0.6 is 0 Å². The molecule has 0 unspecified atom stereocenters. The van der Waals surface area contributed by atoms with Crippen molar-refractivity contribution in [2.75, 3.05) is 18.6 Å². The minimum absolute atomic E-state index is 0.150. The van der Waals surface area contributed by atoms with Gasteiger partial charge >= 0.3 is 0 Å². The third-order valence-corrected chi connectivity index (χ3v) is 6.77. The summed E-state index contributed by atoms with van der Waals surface area (Å²) in [6, 6.07) is 19.7. The Bertz CT molecular complexity index is 1210. The van der Waals surface area contributed by atoms with Gasteiger partial charge in [0.15, 0.2) is 6.61 Å². The molecule has 168 valence electrons. The van der Waals surface area contributed by atoms with Gasteiger partial charge in [-0.05, 0) is 73.4 Å². The van der Waals surface area contributed by atoms with E-state index < -0.39 is 10.0 Å². The second-order valence-electron chi connectivity index (χ2n) is 7.75. The lowest BCUT2D eigenvalue weighted by Crippen LogP contribution is -2.31. The first kappa shape index (κ1) is 23.5. The predicted octanol–water partition coefficient (Wildman–Crippen LogP) is 4.13. The molecule has 0 saturated carbocycles. The highest BCUT2D eigenvalue weighted by molar-refractivity contribution is 7.89. The fraction of sp³-hybridized carbons (Fsp3) is 0.240. The summed E-state index contributed by atoms with van der Waals surface area (Å²) in [5.41, 5.74) is 4.57. The van der Waals surface area contributed by atoms with Gasteiger partial charge < -0.3 is 9.64 Å². The molecule has 3 aromatic carbocycles. The van der Waals surface area contributed by atoms with Gasteiger partial charge in [-0.3, -0.25) is 4.79 Å². The number of likely N-dealkylation sites (N-methyl/N-ethyl adjacent to an activating group) is 1. The highest BCUT2D eigenvalue weighted by Gasteiger charge is 2.17. The fourth-order valence-corrected chi connectivity index (χ4v) is 4.23. The molecule has 7 heteroatoms. The lowest BCUT2D eigenvalue weighted by Gasteiger charge is -2.19. The number of aryl methyl sites for hydroxylation is 3. The van der Waals surface area contributed by atoms with Crippen molar-refractivity contribution in [1.82, 2.24) is 4.72 Å². The number of carbonyl (C=O) groups is 1. The second-order valence-corrected chi connectivity index (χ2v) is 9.51. The Morgan fingerprint density at radius 1 is 0.906 bits per heavy atom. The molecule has 0 spiro atoms. The van der Waals surface area contributed by atoms with E-state index in [2.05, 4.69) is 4.72 Å². The van der Waals surface area contributed by atoms with Crippen LogP contribution in [0.2, 0.25) is 0 Å². The van der Waals surface area contributed by atoms with Gasteiger partial charge in [0.1, 0.15) is 5.75 Å². The number of anilines is 1. The zero-order chi connectivity index (χ0) is 23.3. The average Bonchev–Trinajstić information content (AvgIpc) is 2.78. The van der Waals surface area contributed by atoms with Gasteiger partial charge in [-0.25, -0.2) is 13.1 Å². The van der Waals surface area contributed by atoms with Gasteiger partial charge in [0.25, 0.3) is 5.91 Å². The van der Waals surface area contributed by atoms with E-state index in [-0.39, 0.29) is 24.0 Å². The second kappa shape index (κ2) is 9.97. The number of ether oxygens (including phenoxy) is 1. The Hall–Kier alpha value is -3.16. The predicted molar refractivity (Wildman–Crippen MR) is 126 cm³/mol. The summed E-state index contributed by atoms with van der Waals surface area (Å²) in [6.07, 6.45) is 0. The van der Waals surface area contributed by atoms with Crippen molar-refractivity contribution in [2.45, 2.75) is 32.2 Å². The van der Waals surface area contributed by atoms with Crippen LogP contribution < -0.4 is 14.4 Å². The molecule has 3 rings (SSSR count). The highest BCUT2D eigenvalue weighted by atomic mass is 32.2. The van der Waals surface area contributed by atoms with E-state index in [1.807, 2.05) is 62.4 Å². The number of rotatable bonds is 8. The Balaban J connectivity index is 1.63. The van der Waals surface area contributed by atoms with Gasteiger partial charge in [-0.2, -0.15) is 0 Å². The molecule has 0 saturated heterocycles. The normalized spacial score (nSPS) is 11.2. The zero-order valence-corrected chi connectivity index (χ0v) is 19.6. The molecular weight excluding hydrogens is 424 g/mol. The van der Waals surface area contributed by atoms with Crippen molar-refractivity contribution < 1.29 is 17.9 Å². The summed E-state index contributed by atoms with van der Waals surface area (Å²) < 4.78 is 33.5. The maximum absolute atomic E-state index is 12.6. The Kier molecular flexibility index (Phi) is 7.33. The van der Waals surface area contributed by atoms with Gasteiger partial charge in [0, 0.05) is 19.3 Å². The number of carbonyl (C=O) groups excluding carboxylic acids is 1. The lowest BCUT2D eigenvalue weighted by atomic mass is 10.1. The molecule has 0 radical (unpaired) electrons. The molecule has 0 aliphatic heterocycles. The minimum Gasteiger partial charge on any atom is -0.483 e. The van der Waals surface area contributed by atoms with Crippen LogP contribution in [0.5, 0.6) is 5.75 Å². The van der Waals surface area contributed by atoms with Gasteiger partial charge in [-0.15, -0.1) is 0 Å². The smallest absolute Gasteiger partial charge is 0.264 e. The molecule has 0 heterocycles. The number of benzene rings is 3. The largest absolute Gasteiger partial charge is 0.483 e. The summed E-state index contributed by atoms with van der Waals surface area (Å²) in [5, 5.41) is 0. The van der Waals surface area contributed by atoms with E-state index in [4.69, 9.17) is 4.74 Å². The number of amides is 1. The maximum atomic E-state index is 12.6. The van der Waals surface area contributed by atoms with E-state index in [9.17, 15) is 13.2 Å². The number of hydrogen-bond acceptors (Lipinski definition) is 4. The SMILES string of the molecule is Cc1ccc(N(C)C(=O)COc2ccc(S(=O)(=O)NCc3ccccc3)cc2C)cc1C. The Morgan fingerprint density at radius 2 is 1.62 bits per heavy atom. The van der Waals surface area contributed by atoms with E-state index in [1.165, 1.54) is 6.07 Å². The summed E-state index contributed by atoms with van der Waals surface area (Å²) in [4.78, 5) is 14.3. The molecule has 0 atom stereocenters. The highest BCUT2D eigenvalue weighted by Crippen LogP contribution is 2.23. The van der Waals surface area contributed by atoms with Crippen LogP contribution in [-0.4, -0.2) is 28.0 Å². The number of nitrogens with zero attached hydrogens (tertiary/aromatic N) is 1. The van der Waals surface area contributed by atoms with Crippen molar-refractivity contribution in [3.63, 3.8) is 0 Å². The standard InChI is InChI=1S/C25H28N2O4S/c1-18-10-11-22(14-19(18)2)27(4)25(28)17-31-24-13-12-23(15-20(24)3)32(29,30)26-16-21-8-6-5-7-9-21/h5-15,26H,16-17H2,1-4H3.